The lowest BCUT2D eigenvalue weighted by atomic mass is 9.66. The highest BCUT2D eigenvalue weighted by Crippen LogP contribution is 2.63. The van der Waals surface area contributed by atoms with Gasteiger partial charge in [0.2, 0.25) is 5.91 Å². The fourth-order valence-electron chi connectivity index (χ4n) is 6.15. The number of rotatable bonds is 10. The maximum absolute atomic E-state index is 14.3. The highest BCUT2D eigenvalue weighted by atomic mass is 35.5. The summed E-state index contributed by atoms with van der Waals surface area (Å²) in [6.45, 7) is 10.9. The van der Waals surface area contributed by atoms with Gasteiger partial charge in [-0.2, -0.15) is 0 Å². The van der Waals surface area contributed by atoms with Crippen LogP contribution in [0.25, 0.3) is 0 Å². The molecule has 2 amide bonds. The largest absolute Gasteiger partial charge is 0.465 e. The molecule has 3 fully saturated rings. The van der Waals surface area contributed by atoms with Gasteiger partial charge in [0.15, 0.2) is 0 Å². The van der Waals surface area contributed by atoms with Gasteiger partial charge in [0.25, 0.3) is 5.91 Å². The Balaban J connectivity index is 1.79. The maximum atomic E-state index is 14.3. The van der Waals surface area contributed by atoms with E-state index in [1.807, 2.05) is 6.92 Å². The number of ether oxygens (including phenoxy) is 2. The van der Waals surface area contributed by atoms with Crippen LogP contribution < -0.4 is 4.90 Å². The van der Waals surface area contributed by atoms with Gasteiger partial charge in [0, 0.05) is 6.54 Å². The molecule has 0 radical (unpaired) electrons. The average Bonchev–Trinajstić information content (AvgIpc) is 3.43. The van der Waals surface area contributed by atoms with Crippen LogP contribution in [0.5, 0.6) is 0 Å². The smallest absolute Gasteiger partial charge is 0.312 e. The Hall–Kier alpha value is -2.68. The van der Waals surface area contributed by atoms with E-state index in [2.05, 4.69) is 13.2 Å². The van der Waals surface area contributed by atoms with Crippen molar-refractivity contribution in [2.45, 2.75) is 56.4 Å². The van der Waals surface area contributed by atoms with Crippen molar-refractivity contribution in [3.8, 4) is 0 Å². The Morgan fingerprint density at radius 1 is 1.33 bits per heavy atom. The molecule has 3 aliphatic heterocycles. The number of hydrogen-bond donors (Lipinski definition) is 1. The SMILES string of the molecule is C=CCCOC(=O)[C@@H]1[C@H]2C(=O)N([C@H](C)CO)C(C(=O)N(CC=C)c3ccccc3Cl)C23CC[C@@]1(C)O3. The molecule has 9 heteroatoms. The zero-order chi connectivity index (χ0) is 26.3. The number of hydrogen-bond acceptors (Lipinski definition) is 6. The number of carbonyl (C=O) groups is 3. The molecular formula is C27H33ClN2O6. The van der Waals surface area contributed by atoms with Gasteiger partial charge >= 0.3 is 5.97 Å². The Bertz CT molecular complexity index is 1080. The summed E-state index contributed by atoms with van der Waals surface area (Å²) in [5, 5.41) is 10.4. The van der Waals surface area contributed by atoms with E-state index in [-0.39, 0.29) is 25.7 Å². The molecule has 1 aromatic rings. The van der Waals surface area contributed by atoms with Crippen LogP contribution in [0.1, 0.15) is 33.1 Å². The van der Waals surface area contributed by atoms with Gasteiger partial charge < -0.3 is 24.4 Å². The molecular weight excluding hydrogens is 484 g/mol. The highest BCUT2D eigenvalue weighted by molar-refractivity contribution is 6.34. The highest BCUT2D eigenvalue weighted by Gasteiger charge is 2.79. The van der Waals surface area contributed by atoms with E-state index in [0.717, 1.165) is 0 Å². The van der Waals surface area contributed by atoms with E-state index >= 15 is 0 Å². The summed E-state index contributed by atoms with van der Waals surface area (Å²) in [5.74, 6) is -3.06. The third-order valence-corrected chi connectivity index (χ3v) is 8.05. The lowest BCUT2D eigenvalue weighted by Gasteiger charge is -2.38. The molecule has 194 valence electrons. The van der Waals surface area contributed by atoms with Crippen molar-refractivity contribution in [1.82, 2.24) is 4.90 Å². The van der Waals surface area contributed by atoms with Gasteiger partial charge in [-0.15, -0.1) is 13.2 Å². The topological polar surface area (TPSA) is 96.4 Å². The fourth-order valence-corrected chi connectivity index (χ4v) is 6.39. The summed E-state index contributed by atoms with van der Waals surface area (Å²) in [5.41, 5.74) is -1.69. The molecule has 1 spiro atoms. The Morgan fingerprint density at radius 3 is 2.69 bits per heavy atom. The Labute approximate surface area is 216 Å². The Kier molecular flexibility index (Phi) is 7.33. The minimum absolute atomic E-state index is 0.152. The van der Waals surface area contributed by atoms with Crippen molar-refractivity contribution in [1.29, 1.82) is 0 Å². The molecule has 0 saturated carbocycles. The van der Waals surface area contributed by atoms with Gasteiger partial charge in [0.05, 0.1) is 41.5 Å². The molecule has 3 aliphatic rings. The van der Waals surface area contributed by atoms with E-state index in [1.54, 1.807) is 43.3 Å². The normalized spacial score (nSPS) is 31.2. The molecule has 2 bridgehead atoms. The molecule has 3 heterocycles. The molecule has 8 nitrogen and oxygen atoms in total. The summed E-state index contributed by atoms with van der Waals surface area (Å²) in [4.78, 5) is 44.4. The minimum atomic E-state index is -1.23. The van der Waals surface area contributed by atoms with Crippen LogP contribution in [0.4, 0.5) is 5.69 Å². The van der Waals surface area contributed by atoms with Crippen molar-refractivity contribution in [2.75, 3.05) is 24.7 Å². The van der Waals surface area contributed by atoms with Crippen LogP contribution in [0.15, 0.2) is 49.6 Å². The average molecular weight is 517 g/mol. The van der Waals surface area contributed by atoms with Gasteiger partial charge in [-0.3, -0.25) is 14.4 Å². The molecule has 1 N–H and O–H groups in total. The first-order valence-electron chi connectivity index (χ1n) is 12.2. The van der Waals surface area contributed by atoms with Crippen molar-refractivity contribution in [3.05, 3.63) is 54.6 Å². The van der Waals surface area contributed by atoms with Crippen LogP contribution in [-0.2, 0) is 23.9 Å². The number of para-hydroxylation sites is 1. The minimum Gasteiger partial charge on any atom is -0.465 e. The van der Waals surface area contributed by atoms with E-state index in [0.29, 0.717) is 30.0 Å². The second kappa shape index (κ2) is 10.00. The van der Waals surface area contributed by atoms with Crippen LogP contribution in [0, 0.1) is 11.8 Å². The third kappa shape index (κ3) is 3.96. The van der Waals surface area contributed by atoms with Crippen molar-refractivity contribution >= 4 is 35.1 Å². The lowest BCUT2D eigenvalue weighted by Crippen LogP contribution is -2.58. The summed E-state index contributed by atoms with van der Waals surface area (Å²) in [7, 11) is 0. The van der Waals surface area contributed by atoms with Crippen LogP contribution in [-0.4, -0.2) is 70.8 Å². The van der Waals surface area contributed by atoms with E-state index in [4.69, 9.17) is 21.1 Å². The molecule has 1 aromatic carbocycles. The molecule has 6 atom stereocenters. The Morgan fingerprint density at radius 2 is 2.06 bits per heavy atom. The van der Waals surface area contributed by atoms with Crippen molar-refractivity contribution in [3.63, 3.8) is 0 Å². The van der Waals surface area contributed by atoms with Gasteiger partial charge in [-0.05, 0) is 45.2 Å². The number of amides is 2. The zero-order valence-electron chi connectivity index (χ0n) is 20.7. The molecule has 0 aliphatic carbocycles. The standard InChI is InChI=1S/C27H33ClN2O6/c1-5-7-15-35-25(34)21-20-23(32)30(17(3)16-31)22(27(20)13-12-26(21,4)36-27)24(33)29(14-6-2)19-11-9-8-10-18(19)28/h5-6,8-11,17,20-22,31H,1-2,7,12-16H2,3-4H3/t17-,20+,21+,22?,26-,27?/m1/s1. The first kappa shape index (κ1) is 26.4. The summed E-state index contributed by atoms with van der Waals surface area (Å²) < 4.78 is 12.1. The van der Waals surface area contributed by atoms with Gasteiger partial charge in [0.1, 0.15) is 17.6 Å². The predicted octanol–water partition coefficient (Wildman–Crippen LogP) is 3.12. The summed E-state index contributed by atoms with van der Waals surface area (Å²) in [6, 6.07) is 5.22. The van der Waals surface area contributed by atoms with E-state index < -0.39 is 47.0 Å². The van der Waals surface area contributed by atoms with Crippen LogP contribution in [0.3, 0.4) is 0 Å². The van der Waals surface area contributed by atoms with Gasteiger partial charge in [-0.1, -0.05) is 35.9 Å². The second-order valence-corrected chi connectivity index (χ2v) is 10.3. The summed E-state index contributed by atoms with van der Waals surface area (Å²) in [6.07, 6.45) is 4.64. The van der Waals surface area contributed by atoms with Gasteiger partial charge in [-0.25, -0.2) is 0 Å². The number of benzene rings is 1. The van der Waals surface area contributed by atoms with Crippen LogP contribution in [0.2, 0.25) is 5.02 Å². The molecule has 0 aromatic heterocycles. The number of anilines is 1. The predicted molar refractivity (Wildman–Crippen MR) is 135 cm³/mol. The third-order valence-electron chi connectivity index (χ3n) is 7.73. The first-order valence-corrected chi connectivity index (χ1v) is 12.6. The number of halogens is 1. The monoisotopic (exact) mass is 516 g/mol. The number of aliphatic hydroxyl groups excluding tert-OH is 1. The maximum Gasteiger partial charge on any atom is 0.312 e. The van der Waals surface area contributed by atoms with Crippen LogP contribution >= 0.6 is 11.6 Å². The molecule has 36 heavy (non-hydrogen) atoms. The van der Waals surface area contributed by atoms with E-state index in [1.165, 1.54) is 9.80 Å². The number of carbonyl (C=O) groups excluding carboxylic acids is 3. The molecule has 3 saturated heterocycles. The number of esters is 1. The van der Waals surface area contributed by atoms with Crippen molar-refractivity contribution in [2.24, 2.45) is 11.8 Å². The zero-order valence-corrected chi connectivity index (χ0v) is 21.4. The number of fused-ring (bicyclic) bond motifs is 1. The fraction of sp³-hybridized carbons (Fsp3) is 0.519. The summed E-state index contributed by atoms with van der Waals surface area (Å²) >= 11 is 6.45. The first-order chi connectivity index (χ1) is 17.2. The molecule has 4 rings (SSSR count). The van der Waals surface area contributed by atoms with E-state index in [9.17, 15) is 19.5 Å². The van der Waals surface area contributed by atoms with Crippen molar-refractivity contribution < 1.29 is 29.0 Å². The number of likely N-dealkylation sites (tertiary alicyclic amines) is 1. The number of nitrogens with zero attached hydrogens (tertiary/aromatic N) is 2. The lowest BCUT2D eigenvalue weighted by molar-refractivity contribution is -0.160. The quantitative estimate of drug-likeness (QED) is 0.291. The number of aliphatic hydroxyl groups is 1. The second-order valence-electron chi connectivity index (χ2n) is 9.94. The molecule has 2 unspecified atom stereocenters.